The van der Waals surface area contributed by atoms with Crippen molar-refractivity contribution in [3.63, 3.8) is 0 Å². The maximum atomic E-state index is 13.8. The summed E-state index contributed by atoms with van der Waals surface area (Å²) in [7, 11) is 2.71. The number of likely N-dealkylation sites (tertiary alicyclic amines) is 2. The van der Waals surface area contributed by atoms with Gasteiger partial charge in [-0.15, -0.1) is 0 Å². The number of nitrogens with one attached hydrogen (secondary N) is 4. The van der Waals surface area contributed by atoms with Crippen LogP contribution >= 0.6 is 0 Å². The standard InChI is InChI=1S/C47H62N8O6/c1-27(2)39(52-45(58)60-5)43(56)54-23-9-11-36(54)41-48-25-34(50-41)30-15-13-29(14-16-30)31-17-18-33(38-32(31)19-22-47(38)20-7-8-21-47)35-26-49-42(51-35)37-12-10-24-55(37)44(57)40(28(3)4)53-46(59)61-6/h13-18,25-28,36-37,39-40,45,52,58H,7-12,19-24H2,1-6H3,(H,48,50)(H,49,51)(H,53,59)/t36-,37-,39-,40-,45?/m0/s1. The third-order valence-corrected chi connectivity index (χ3v) is 13.8. The van der Waals surface area contributed by atoms with Crippen molar-refractivity contribution in [3.8, 4) is 33.6 Å². The van der Waals surface area contributed by atoms with Crippen LogP contribution in [0.4, 0.5) is 4.79 Å². The Kier molecular flexibility index (Phi) is 12.4. The lowest BCUT2D eigenvalue weighted by Gasteiger charge is -2.31. The first kappa shape index (κ1) is 42.6. The van der Waals surface area contributed by atoms with E-state index in [4.69, 9.17) is 19.4 Å². The molecule has 2 aliphatic carbocycles. The number of ether oxygens (including phenoxy) is 2. The van der Waals surface area contributed by atoms with E-state index in [0.29, 0.717) is 13.1 Å². The number of alkyl carbamates (subject to hydrolysis) is 1. The number of aliphatic hydroxyl groups is 1. The molecule has 4 heterocycles. The Morgan fingerprint density at radius 3 is 1.90 bits per heavy atom. The number of hydrogen-bond acceptors (Lipinski definition) is 9. The van der Waals surface area contributed by atoms with Crippen LogP contribution in [0.5, 0.6) is 0 Å². The summed E-state index contributed by atoms with van der Waals surface area (Å²) >= 11 is 0. The SMILES string of the molecule is COC(=O)N[C@H](C(=O)N1CCC[C@H]1c1ncc(-c2ccc(-c3ccc(-c4cnc([C@@H]5CCCN5C(=O)[C@@H](NC(O)OC)C(C)C)[nH]4)cc3)c3c2C2(CCCC2)CC3)[nH]1)C(C)C. The molecule has 1 spiro atoms. The maximum absolute atomic E-state index is 13.8. The first-order valence-corrected chi connectivity index (χ1v) is 22.2. The van der Waals surface area contributed by atoms with Gasteiger partial charge in [0.25, 0.3) is 0 Å². The van der Waals surface area contributed by atoms with Crippen molar-refractivity contribution < 1.29 is 29.0 Å². The van der Waals surface area contributed by atoms with E-state index >= 15 is 0 Å². The summed E-state index contributed by atoms with van der Waals surface area (Å²) in [5, 5.41) is 15.7. The van der Waals surface area contributed by atoms with Gasteiger partial charge < -0.3 is 39.7 Å². The molecule has 4 aliphatic rings. The molecule has 0 radical (unpaired) electrons. The number of carbonyl (C=O) groups excluding carboxylic acids is 3. The number of amides is 3. The maximum Gasteiger partial charge on any atom is 0.407 e. The topological polar surface area (TPSA) is 178 Å². The van der Waals surface area contributed by atoms with Crippen LogP contribution in [0.15, 0.2) is 48.8 Å². The third-order valence-electron chi connectivity index (χ3n) is 13.8. The first-order valence-electron chi connectivity index (χ1n) is 22.2. The van der Waals surface area contributed by atoms with Crippen LogP contribution in [-0.4, -0.2) is 98.6 Å². The second-order valence-electron chi connectivity index (χ2n) is 18.2. The Balaban J connectivity index is 1.04. The fraction of sp³-hybridized carbons (Fsp3) is 0.553. The third kappa shape index (κ3) is 8.21. The molecule has 14 heteroatoms. The van der Waals surface area contributed by atoms with Crippen molar-refractivity contribution in [1.82, 2.24) is 40.4 Å². The minimum absolute atomic E-state index is 0.0434. The number of fused-ring (bicyclic) bond motifs is 2. The average molecular weight is 835 g/mol. The molecule has 1 unspecified atom stereocenters. The Morgan fingerprint density at radius 1 is 0.754 bits per heavy atom. The lowest BCUT2D eigenvalue weighted by atomic mass is 9.77. The number of H-pyrrole nitrogens is 2. The number of benzene rings is 2. The minimum Gasteiger partial charge on any atom is -0.453 e. The van der Waals surface area contributed by atoms with Crippen molar-refractivity contribution in [1.29, 1.82) is 0 Å². The molecule has 5 N–H and O–H groups in total. The zero-order valence-electron chi connectivity index (χ0n) is 36.4. The van der Waals surface area contributed by atoms with Gasteiger partial charge in [-0.3, -0.25) is 14.9 Å². The van der Waals surface area contributed by atoms with Gasteiger partial charge in [0.1, 0.15) is 17.7 Å². The first-order chi connectivity index (χ1) is 29.4. The highest BCUT2D eigenvalue weighted by molar-refractivity contribution is 5.87. The van der Waals surface area contributed by atoms with E-state index in [1.807, 2.05) is 49.9 Å². The number of imidazole rings is 2. The number of hydrogen-bond donors (Lipinski definition) is 5. The number of aliphatic hydroxyl groups excluding tert-OH is 1. The molecule has 4 aromatic rings. The molecule has 1 saturated carbocycles. The highest BCUT2D eigenvalue weighted by Gasteiger charge is 2.44. The summed E-state index contributed by atoms with van der Waals surface area (Å²) in [4.78, 5) is 60.3. The Bertz CT molecular complexity index is 2210. The van der Waals surface area contributed by atoms with Crippen LogP contribution in [0.25, 0.3) is 33.6 Å². The lowest BCUT2D eigenvalue weighted by molar-refractivity contribution is -0.145. The number of aromatic amines is 2. The van der Waals surface area contributed by atoms with Crippen LogP contribution in [0, 0.1) is 11.8 Å². The van der Waals surface area contributed by atoms with Crippen LogP contribution in [0.2, 0.25) is 0 Å². The molecular formula is C47H62N8O6. The van der Waals surface area contributed by atoms with Gasteiger partial charge in [0, 0.05) is 25.8 Å². The zero-order chi connectivity index (χ0) is 43.0. The normalized spacial score (nSPS) is 21.1. The predicted octanol–water partition coefficient (Wildman–Crippen LogP) is 7.14. The summed E-state index contributed by atoms with van der Waals surface area (Å²) in [6.07, 6.45) is 12.3. The predicted molar refractivity (Wildman–Crippen MR) is 232 cm³/mol. The van der Waals surface area contributed by atoms with E-state index in [0.717, 1.165) is 67.1 Å². The number of rotatable bonds is 13. The quantitative estimate of drug-likeness (QED) is 0.0877. The van der Waals surface area contributed by atoms with Gasteiger partial charge in [-0.05, 0) is 96.4 Å². The fourth-order valence-electron chi connectivity index (χ4n) is 10.6. The second-order valence-corrected chi connectivity index (χ2v) is 18.2. The molecule has 14 nitrogen and oxygen atoms in total. The largest absolute Gasteiger partial charge is 0.453 e. The molecular weight excluding hydrogens is 773 g/mol. The molecule has 2 aliphatic heterocycles. The van der Waals surface area contributed by atoms with Gasteiger partial charge in [0.2, 0.25) is 18.2 Å². The summed E-state index contributed by atoms with van der Waals surface area (Å²) in [5.41, 5.74) is 9.54. The van der Waals surface area contributed by atoms with Crippen LogP contribution < -0.4 is 10.6 Å². The Morgan fingerprint density at radius 2 is 1.31 bits per heavy atom. The smallest absolute Gasteiger partial charge is 0.407 e. The summed E-state index contributed by atoms with van der Waals surface area (Å²) in [6.45, 7) is 9.00. The van der Waals surface area contributed by atoms with E-state index in [1.165, 1.54) is 67.7 Å². The van der Waals surface area contributed by atoms with Crippen LogP contribution in [-0.2, 0) is 30.9 Å². The van der Waals surface area contributed by atoms with E-state index in [1.54, 1.807) is 0 Å². The number of carbonyl (C=O) groups is 3. The molecule has 8 rings (SSSR count). The number of nitrogens with zero attached hydrogens (tertiary/aromatic N) is 4. The van der Waals surface area contributed by atoms with Crippen LogP contribution in [0.3, 0.4) is 0 Å². The highest BCUT2D eigenvalue weighted by Crippen LogP contribution is 2.55. The molecule has 5 atom stereocenters. The van der Waals surface area contributed by atoms with Gasteiger partial charge in [-0.1, -0.05) is 76.9 Å². The molecule has 326 valence electrons. The van der Waals surface area contributed by atoms with E-state index < -0.39 is 24.6 Å². The van der Waals surface area contributed by atoms with E-state index in [2.05, 4.69) is 57.0 Å². The number of methoxy groups -OCH3 is 2. The van der Waals surface area contributed by atoms with E-state index in [9.17, 15) is 19.5 Å². The van der Waals surface area contributed by atoms with Crippen molar-refractivity contribution in [2.45, 2.75) is 128 Å². The van der Waals surface area contributed by atoms with Crippen molar-refractivity contribution in [2.75, 3.05) is 27.3 Å². The molecule has 2 aromatic carbocycles. The van der Waals surface area contributed by atoms with Crippen molar-refractivity contribution >= 4 is 17.9 Å². The molecule has 3 amide bonds. The zero-order valence-corrected chi connectivity index (χ0v) is 36.4. The Hall–Kier alpha value is -5.05. The van der Waals surface area contributed by atoms with Gasteiger partial charge in [-0.25, -0.2) is 14.8 Å². The van der Waals surface area contributed by atoms with Crippen molar-refractivity contribution in [3.05, 3.63) is 71.6 Å². The van der Waals surface area contributed by atoms with E-state index in [-0.39, 0.29) is 41.1 Å². The molecule has 0 bridgehead atoms. The highest BCUT2D eigenvalue weighted by atomic mass is 16.6. The monoisotopic (exact) mass is 834 g/mol. The average Bonchev–Trinajstić information content (AvgIpc) is 4.13. The summed E-state index contributed by atoms with van der Waals surface area (Å²) in [5.74, 6) is 1.21. The minimum atomic E-state index is -1.22. The lowest BCUT2D eigenvalue weighted by Crippen LogP contribution is -2.52. The molecule has 61 heavy (non-hydrogen) atoms. The van der Waals surface area contributed by atoms with Gasteiger partial charge in [0.15, 0.2) is 0 Å². The number of aromatic nitrogens is 4. The van der Waals surface area contributed by atoms with Crippen molar-refractivity contribution in [2.24, 2.45) is 11.8 Å². The van der Waals surface area contributed by atoms with Gasteiger partial charge in [-0.2, -0.15) is 0 Å². The second kappa shape index (κ2) is 17.7. The van der Waals surface area contributed by atoms with Gasteiger partial charge in [0.05, 0.1) is 49.0 Å². The fourth-order valence-corrected chi connectivity index (χ4v) is 10.6. The van der Waals surface area contributed by atoms with Gasteiger partial charge >= 0.3 is 6.09 Å². The summed E-state index contributed by atoms with van der Waals surface area (Å²) < 4.78 is 9.82. The molecule has 2 aromatic heterocycles. The Labute approximate surface area is 358 Å². The summed E-state index contributed by atoms with van der Waals surface area (Å²) in [6, 6.07) is 11.6. The van der Waals surface area contributed by atoms with Crippen LogP contribution in [0.1, 0.15) is 120 Å². The molecule has 2 saturated heterocycles. The molecule has 3 fully saturated rings.